The number of benzene rings is 2. The first-order valence-electron chi connectivity index (χ1n) is 7.33. The van der Waals surface area contributed by atoms with Gasteiger partial charge < -0.3 is 16.0 Å². The number of hydrogen-bond donors (Lipinski definition) is 3. The zero-order valence-electron chi connectivity index (χ0n) is 11.8. The van der Waals surface area contributed by atoms with Crippen LogP contribution < -0.4 is 16.0 Å². The van der Waals surface area contributed by atoms with Crippen molar-refractivity contribution in [3.63, 3.8) is 0 Å². The summed E-state index contributed by atoms with van der Waals surface area (Å²) in [5.74, 6) is -0.275. The quantitative estimate of drug-likeness (QED) is 0.797. The Morgan fingerprint density at radius 1 is 1.00 bits per heavy atom. The molecule has 2 aromatic rings. The molecule has 0 spiro atoms. The molecule has 2 aliphatic rings. The van der Waals surface area contributed by atoms with Gasteiger partial charge in [0, 0.05) is 11.6 Å². The number of nitrogens with one attached hydrogen (secondary N) is 3. The van der Waals surface area contributed by atoms with Crippen LogP contribution in [0, 0.1) is 0 Å². The van der Waals surface area contributed by atoms with Gasteiger partial charge in [-0.25, -0.2) is 0 Å². The molecule has 0 saturated heterocycles. The third-order valence-electron chi connectivity index (χ3n) is 3.88. The molecule has 1 saturated carbocycles. The van der Waals surface area contributed by atoms with Crippen molar-refractivity contribution in [3.05, 3.63) is 53.6 Å². The molecule has 1 aliphatic heterocycles. The molecular weight excluding hydrogens is 278 g/mol. The SMILES string of the molecule is O=C(NC1CC1)c1ccc2c(c1)NC(=O)c1ccccc1N2. The van der Waals surface area contributed by atoms with Crippen LogP contribution in [-0.4, -0.2) is 17.9 Å². The van der Waals surface area contributed by atoms with Gasteiger partial charge in [-0.3, -0.25) is 9.59 Å². The highest BCUT2D eigenvalue weighted by molar-refractivity contribution is 6.12. The van der Waals surface area contributed by atoms with E-state index in [1.807, 2.05) is 24.3 Å². The summed E-state index contributed by atoms with van der Waals surface area (Å²) >= 11 is 0. The number of amides is 2. The normalized spacial score (nSPS) is 15.7. The van der Waals surface area contributed by atoms with Gasteiger partial charge in [0.1, 0.15) is 0 Å². The molecule has 0 radical (unpaired) electrons. The van der Waals surface area contributed by atoms with Gasteiger partial charge in [0.15, 0.2) is 0 Å². The predicted molar refractivity (Wildman–Crippen MR) is 84.6 cm³/mol. The smallest absolute Gasteiger partial charge is 0.257 e. The van der Waals surface area contributed by atoms with E-state index in [0.717, 1.165) is 24.2 Å². The van der Waals surface area contributed by atoms with Crippen LogP contribution in [0.1, 0.15) is 33.6 Å². The van der Waals surface area contributed by atoms with E-state index in [1.165, 1.54) is 0 Å². The zero-order valence-corrected chi connectivity index (χ0v) is 11.8. The lowest BCUT2D eigenvalue weighted by Gasteiger charge is -2.10. The standard InChI is InChI=1S/C17H15N3O2/c21-16(18-11-6-7-11)10-5-8-14-15(9-10)20-17(22)12-3-1-2-4-13(12)19-14/h1-5,8-9,11,19H,6-7H2,(H,18,21)(H,20,22). The van der Waals surface area contributed by atoms with E-state index in [1.54, 1.807) is 18.2 Å². The fourth-order valence-electron chi connectivity index (χ4n) is 2.52. The minimum Gasteiger partial charge on any atom is -0.353 e. The summed E-state index contributed by atoms with van der Waals surface area (Å²) in [6.07, 6.45) is 2.09. The number of fused-ring (bicyclic) bond motifs is 2. The Bertz CT molecular complexity index is 781. The Morgan fingerprint density at radius 2 is 1.82 bits per heavy atom. The van der Waals surface area contributed by atoms with Crippen LogP contribution in [0.5, 0.6) is 0 Å². The first-order valence-corrected chi connectivity index (χ1v) is 7.33. The van der Waals surface area contributed by atoms with E-state index < -0.39 is 0 Å². The van der Waals surface area contributed by atoms with Gasteiger partial charge in [-0.05, 0) is 43.2 Å². The second kappa shape index (κ2) is 4.87. The average Bonchev–Trinajstić information content (AvgIpc) is 3.33. The van der Waals surface area contributed by atoms with Gasteiger partial charge in [0.05, 0.1) is 22.6 Å². The van der Waals surface area contributed by atoms with Crippen molar-refractivity contribution in [1.82, 2.24) is 5.32 Å². The van der Waals surface area contributed by atoms with Crippen LogP contribution in [0.2, 0.25) is 0 Å². The molecule has 1 aliphatic carbocycles. The van der Waals surface area contributed by atoms with Crippen molar-refractivity contribution in [1.29, 1.82) is 0 Å². The second-order valence-corrected chi connectivity index (χ2v) is 5.63. The number of anilines is 3. The molecule has 110 valence electrons. The molecule has 0 unspecified atom stereocenters. The third-order valence-corrected chi connectivity index (χ3v) is 3.88. The number of carbonyl (C=O) groups excluding carboxylic acids is 2. The fourth-order valence-corrected chi connectivity index (χ4v) is 2.52. The molecule has 0 atom stereocenters. The minimum absolute atomic E-state index is 0.0960. The summed E-state index contributed by atoms with van der Waals surface area (Å²) in [4.78, 5) is 24.4. The van der Waals surface area contributed by atoms with Crippen molar-refractivity contribution < 1.29 is 9.59 Å². The third kappa shape index (κ3) is 2.30. The fraction of sp³-hybridized carbons (Fsp3) is 0.176. The molecule has 1 fully saturated rings. The molecule has 22 heavy (non-hydrogen) atoms. The minimum atomic E-state index is -0.179. The highest BCUT2D eigenvalue weighted by atomic mass is 16.2. The van der Waals surface area contributed by atoms with Crippen molar-refractivity contribution >= 4 is 28.9 Å². The Morgan fingerprint density at radius 3 is 2.64 bits per heavy atom. The summed E-state index contributed by atoms with van der Waals surface area (Å²) in [5, 5.41) is 9.05. The summed E-state index contributed by atoms with van der Waals surface area (Å²) in [6.45, 7) is 0. The van der Waals surface area contributed by atoms with E-state index in [2.05, 4.69) is 16.0 Å². The van der Waals surface area contributed by atoms with Crippen LogP contribution in [0.3, 0.4) is 0 Å². The van der Waals surface area contributed by atoms with Crippen LogP contribution in [-0.2, 0) is 0 Å². The zero-order chi connectivity index (χ0) is 15.1. The first-order chi connectivity index (χ1) is 10.7. The van der Waals surface area contributed by atoms with Gasteiger partial charge in [-0.2, -0.15) is 0 Å². The van der Waals surface area contributed by atoms with Gasteiger partial charge in [0.2, 0.25) is 0 Å². The van der Waals surface area contributed by atoms with Crippen LogP contribution in [0.15, 0.2) is 42.5 Å². The molecule has 0 bridgehead atoms. The van der Waals surface area contributed by atoms with Gasteiger partial charge in [0.25, 0.3) is 11.8 Å². The van der Waals surface area contributed by atoms with Crippen molar-refractivity contribution in [2.24, 2.45) is 0 Å². The molecule has 0 aromatic heterocycles. The summed E-state index contributed by atoms with van der Waals surface area (Å²) < 4.78 is 0. The maximum atomic E-state index is 12.3. The molecule has 4 rings (SSSR count). The number of para-hydroxylation sites is 1. The van der Waals surface area contributed by atoms with Crippen LogP contribution in [0.25, 0.3) is 0 Å². The molecule has 5 heteroatoms. The van der Waals surface area contributed by atoms with E-state index in [9.17, 15) is 9.59 Å². The number of rotatable bonds is 2. The Hall–Kier alpha value is -2.82. The molecule has 5 nitrogen and oxygen atoms in total. The second-order valence-electron chi connectivity index (χ2n) is 5.63. The van der Waals surface area contributed by atoms with Gasteiger partial charge in [-0.15, -0.1) is 0 Å². The maximum Gasteiger partial charge on any atom is 0.257 e. The summed E-state index contributed by atoms with van der Waals surface area (Å²) in [6, 6.07) is 12.9. The predicted octanol–water partition coefficient (Wildman–Crippen LogP) is 2.89. The topological polar surface area (TPSA) is 70.2 Å². The lowest BCUT2D eigenvalue weighted by Crippen LogP contribution is -2.25. The van der Waals surface area contributed by atoms with Crippen LogP contribution >= 0.6 is 0 Å². The lowest BCUT2D eigenvalue weighted by atomic mass is 10.1. The molecular formula is C17H15N3O2. The molecule has 1 heterocycles. The first kappa shape index (κ1) is 12.9. The van der Waals surface area contributed by atoms with E-state index in [4.69, 9.17) is 0 Å². The molecule has 3 N–H and O–H groups in total. The average molecular weight is 293 g/mol. The Balaban J connectivity index is 1.68. The van der Waals surface area contributed by atoms with E-state index in [0.29, 0.717) is 22.9 Å². The van der Waals surface area contributed by atoms with E-state index >= 15 is 0 Å². The summed E-state index contributed by atoms with van der Waals surface area (Å²) in [5.41, 5.74) is 3.29. The van der Waals surface area contributed by atoms with Crippen molar-refractivity contribution in [2.75, 3.05) is 10.6 Å². The molecule has 2 amide bonds. The molecule has 2 aromatic carbocycles. The number of hydrogen-bond acceptors (Lipinski definition) is 3. The van der Waals surface area contributed by atoms with Crippen molar-refractivity contribution in [2.45, 2.75) is 18.9 Å². The van der Waals surface area contributed by atoms with Crippen molar-refractivity contribution in [3.8, 4) is 0 Å². The Kier molecular flexibility index (Phi) is 2.85. The Labute approximate surface area is 127 Å². The highest BCUT2D eigenvalue weighted by Gasteiger charge is 2.25. The van der Waals surface area contributed by atoms with Crippen LogP contribution in [0.4, 0.5) is 17.1 Å². The summed E-state index contributed by atoms with van der Waals surface area (Å²) in [7, 11) is 0. The van der Waals surface area contributed by atoms with Gasteiger partial charge >= 0.3 is 0 Å². The van der Waals surface area contributed by atoms with Gasteiger partial charge in [-0.1, -0.05) is 12.1 Å². The lowest BCUT2D eigenvalue weighted by molar-refractivity contribution is 0.0949. The maximum absolute atomic E-state index is 12.3. The monoisotopic (exact) mass is 293 g/mol. The number of carbonyl (C=O) groups is 2. The van der Waals surface area contributed by atoms with E-state index in [-0.39, 0.29) is 11.8 Å². The largest absolute Gasteiger partial charge is 0.353 e. The highest BCUT2D eigenvalue weighted by Crippen LogP contribution is 2.32.